The summed E-state index contributed by atoms with van der Waals surface area (Å²) in [6, 6.07) is 8.10. The van der Waals surface area contributed by atoms with Crippen molar-refractivity contribution in [1.82, 2.24) is 0 Å². The summed E-state index contributed by atoms with van der Waals surface area (Å²) < 4.78 is 0. The van der Waals surface area contributed by atoms with Crippen molar-refractivity contribution in [3.8, 4) is 0 Å². The van der Waals surface area contributed by atoms with Crippen LogP contribution in [-0.4, -0.2) is 25.3 Å². The molecule has 0 bridgehead atoms. The Bertz CT molecular complexity index is 690. The fourth-order valence-electron chi connectivity index (χ4n) is 2.69. The summed E-state index contributed by atoms with van der Waals surface area (Å²) in [5.74, 6) is 1.36. The third kappa shape index (κ3) is 8.89. The number of unbranched alkanes of at least 4 members (excludes halogenated alkanes) is 1. The Hall–Kier alpha value is -2.56. The number of carbonyl (C=O) groups is 1. The number of amides is 1. The number of benzene rings is 1. The summed E-state index contributed by atoms with van der Waals surface area (Å²) in [6.45, 7) is 8.61. The molecule has 0 atom stereocenters. The maximum atomic E-state index is 11.4. The van der Waals surface area contributed by atoms with Gasteiger partial charge in [-0.3, -0.25) is 9.79 Å². The number of rotatable bonds is 5. The van der Waals surface area contributed by atoms with E-state index >= 15 is 0 Å². The summed E-state index contributed by atoms with van der Waals surface area (Å²) in [5.41, 5.74) is 14.2. The summed E-state index contributed by atoms with van der Waals surface area (Å²) >= 11 is 0. The maximum Gasteiger partial charge on any atom is 0.227 e. The van der Waals surface area contributed by atoms with E-state index in [4.69, 9.17) is 11.5 Å². The Kier molecular flexibility index (Phi) is 10.7. The minimum Gasteiger partial charge on any atom is -0.402 e. The number of aryl methyl sites for hydroxylation is 1. The average molecular weight is 385 g/mol. The molecule has 1 saturated carbocycles. The summed E-state index contributed by atoms with van der Waals surface area (Å²) in [5, 5.41) is 0. The van der Waals surface area contributed by atoms with E-state index in [-0.39, 0.29) is 5.91 Å². The predicted molar refractivity (Wildman–Crippen MR) is 120 cm³/mol. The second-order valence-electron chi connectivity index (χ2n) is 7.13. The molecule has 1 heterocycles. The van der Waals surface area contributed by atoms with Crippen molar-refractivity contribution in [3.05, 3.63) is 54.3 Å². The molecule has 0 spiro atoms. The lowest BCUT2D eigenvalue weighted by atomic mass is 10.2. The molecular formula is C23H36N4O. The van der Waals surface area contributed by atoms with E-state index in [0.29, 0.717) is 18.2 Å². The van der Waals surface area contributed by atoms with Gasteiger partial charge in [-0.2, -0.15) is 0 Å². The SMILES string of the molecule is C=CCCC.CN=C(N)/C=C(\N)C1CC1.Cc1cccc(N2CCCC2=O)c1. The van der Waals surface area contributed by atoms with Gasteiger partial charge in [0.2, 0.25) is 5.91 Å². The molecule has 0 aromatic heterocycles. The van der Waals surface area contributed by atoms with Crippen molar-refractivity contribution in [2.45, 2.75) is 52.4 Å². The molecule has 1 aliphatic heterocycles. The predicted octanol–water partition coefficient (Wildman–Crippen LogP) is 4.32. The zero-order chi connectivity index (χ0) is 20.9. The number of nitrogens with two attached hydrogens (primary N) is 2. The third-order valence-electron chi connectivity index (χ3n) is 4.50. The van der Waals surface area contributed by atoms with Gasteiger partial charge in [-0.15, -0.1) is 6.58 Å². The highest BCUT2D eigenvalue weighted by molar-refractivity contribution is 5.95. The van der Waals surface area contributed by atoms with Crippen LogP contribution in [0.5, 0.6) is 0 Å². The first-order chi connectivity index (χ1) is 13.4. The lowest BCUT2D eigenvalue weighted by molar-refractivity contribution is -0.117. The molecule has 5 heteroatoms. The summed E-state index contributed by atoms with van der Waals surface area (Å²) in [6.07, 6.45) is 10.2. The molecule has 5 nitrogen and oxygen atoms in total. The third-order valence-corrected chi connectivity index (χ3v) is 4.50. The van der Waals surface area contributed by atoms with Gasteiger partial charge in [-0.05, 0) is 62.3 Å². The highest BCUT2D eigenvalue weighted by atomic mass is 16.2. The lowest BCUT2D eigenvalue weighted by Gasteiger charge is -2.15. The number of amidine groups is 1. The molecule has 0 radical (unpaired) electrons. The largest absolute Gasteiger partial charge is 0.402 e. The summed E-state index contributed by atoms with van der Waals surface area (Å²) in [4.78, 5) is 17.1. The quantitative estimate of drug-likeness (QED) is 0.450. The number of anilines is 1. The van der Waals surface area contributed by atoms with E-state index in [9.17, 15) is 4.79 Å². The van der Waals surface area contributed by atoms with Crippen LogP contribution in [0, 0.1) is 12.8 Å². The van der Waals surface area contributed by atoms with Gasteiger partial charge in [0.15, 0.2) is 0 Å². The van der Waals surface area contributed by atoms with Crippen LogP contribution in [-0.2, 0) is 4.79 Å². The molecule has 1 aromatic rings. The van der Waals surface area contributed by atoms with Gasteiger partial charge in [0.05, 0.1) is 0 Å². The lowest BCUT2D eigenvalue weighted by Crippen LogP contribution is -2.23. The van der Waals surface area contributed by atoms with Crippen LogP contribution in [0.25, 0.3) is 0 Å². The number of allylic oxidation sites excluding steroid dienone is 2. The van der Waals surface area contributed by atoms with Crippen molar-refractivity contribution in [3.63, 3.8) is 0 Å². The molecule has 2 fully saturated rings. The number of nitrogens with zero attached hydrogens (tertiary/aromatic N) is 2. The minimum absolute atomic E-state index is 0.255. The molecule has 154 valence electrons. The molecule has 1 aliphatic carbocycles. The Labute approximate surface area is 170 Å². The Morgan fingerprint density at radius 2 is 2.07 bits per heavy atom. The van der Waals surface area contributed by atoms with E-state index in [0.717, 1.165) is 30.8 Å². The van der Waals surface area contributed by atoms with Gasteiger partial charge in [0, 0.05) is 31.4 Å². The van der Waals surface area contributed by atoms with E-state index < -0.39 is 0 Å². The van der Waals surface area contributed by atoms with Crippen LogP contribution in [0.2, 0.25) is 0 Å². The first-order valence-corrected chi connectivity index (χ1v) is 10.1. The number of carbonyl (C=O) groups excluding carboxylic acids is 1. The normalized spacial score (nSPS) is 16.7. The van der Waals surface area contributed by atoms with Gasteiger partial charge >= 0.3 is 0 Å². The first kappa shape index (κ1) is 23.5. The van der Waals surface area contributed by atoms with Gasteiger partial charge in [-0.1, -0.05) is 31.6 Å². The highest BCUT2D eigenvalue weighted by Crippen LogP contribution is 2.33. The number of aliphatic imine (C=N–C) groups is 1. The average Bonchev–Trinajstić information content (AvgIpc) is 3.45. The van der Waals surface area contributed by atoms with Gasteiger partial charge in [0.25, 0.3) is 0 Å². The first-order valence-electron chi connectivity index (χ1n) is 10.1. The van der Waals surface area contributed by atoms with Crippen LogP contribution in [0.15, 0.2) is 53.7 Å². The minimum atomic E-state index is 0.255. The summed E-state index contributed by atoms with van der Waals surface area (Å²) in [7, 11) is 1.66. The Morgan fingerprint density at radius 3 is 2.50 bits per heavy atom. The molecule has 4 N–H and O–H groups in total. The Morgan fingerprint density at radius 1 is 1.36 bits per heavy atom. The van der Waals surface area contributed by atoms with Crippen LogP contribution in [0.3, 0.4) is 0 Å². The molecule has 0 unspecified atom stereocenters. The molecule has 2 aliphatic rings. The van der Waals surface area contributed by atoms with Crippen molar-refractivity contribution in [2.75, 3.05) is 18.5 Å². The molecule has 1 amide bonds. The molecule has 1 saturated heterocycles. The molecular weight excluding hydrogens is 348 g/mol. The second kappa shape index (κ2) is 12.8. The van der Waals surface area contributed by atoms with Gasteiger partial charge in [0.1, 0.15) is 5.84 Å². The number of hydrogen-bond acceptors (Lipinski definition) is 3. The second-order valence-corrected chi connectivity index (χ2v) is 7.13. The Balaban J connectivity index is 0.000000233. The highest BCUT2D eigenvalue weighted by Gasteiger charge is 2.23. The van der Waals surface area contributed by atoms with Crippen molar-refractivity contribution in [1.29, 1.82) is 0 Å². The van der Waals surface area contributed by atoms with Crippen LogP contribution in [0.1, 0.15) is 51.0 Å². The smallest absolute Gasteiger partial charge is 0.227 e. The van der Waals surface area contributed by atoms with E-state index in [1.54, 1.807) is 13.1 Å². The fraction of sp³-hybridized carbons (Fsp3) is 0.478. The van der Waals surface area contributed by atoms with Crippen molar-refractivity contribution < 1.29 is 4.79 Å². The van der Waals surface area contributed by atoms with Gasteiger partial charge in [-0.25, -0.2) is 0 Å². The number of hydrogen-bond donors (Lipinski definition) is 2. The molecule has 28 heavy (non-hydrogen) atoms. The van der Waals surface area contributed by atoms with Crippen molar-refractivity contribution >= 4 is 17.4 Å². The fourth-order valence-corrected chi connectivity index (χ4v) is 2.69. The molecule has 3 rings (SSSR count). The van der Waals surface area contributed by atoms with E-state index in [2.05, 4.69) is 24.6 Å². The van der Waals surface area contributed by atoms with Crippen molar-refractivity contribution in [2.24, 2.45) is 22.4 Å². The zero-order valence-corrected chi connectivity index (χ0v) is 17.7. The standard InChI is InChI=1S/C11H13NO.C7H13N3.C5H10/c1-9-4-2-5-10(8-9)12-7-3-6-11(12)13;1-10-7(9)4-6(8)5-2-3-5;1-3-5-4-2/h2,4-5,8H,3,6-7H2,1H3;4-5H,2-3,8H2,1H3,(H2,9,10);3H,1,4-5H2,2H3/b;6-4-;. The topological polar surface area (TPSA) is 84.7 Å². The zero-order valence-electron chi connectivity index (χ0n) is 17.7. The molecule has 1 aromatic carbocycles. The van der Waals surface area contributed by atoms with Gasteiger partial charge < -0.3 is 16.4 Å². The maximum absolute atomic E-state index is 11.4. The van der Waals surface area contributed by atoms with Crippen LogP contribution >= 0.6 is 0 Å². The van der Waals surface area contributed by atoms with Crippen LogP contribution in [0.4, 0.5) is 5.69 Å². The van der Waals surface area contributed by atoms with E-state index in [1.807, 2.05) is 36.1 Å². The van der Waals surface area contributed by atoms with E-state index in [1.165, 1.54) is 24.8 Å². The monoisotopic (exact) mass is 384 g/mol. The van der Waals surface area contributed by atoms with Crippen LogP contribution < -0.4 is 16.4 Å².